The van der Waals surface area contributed by atoms with E-state index in [0.717, 1.165) is 19.4 Å². The van der Waals surface area contributed by atoms with E-state index in [1.807, 2.05) is 6.07 Å². The molecule has 0 spiro atoms. The number of rotatable bonds is 4. The number of likely N-dealkylation sites (tertiary alicyclic amines) is 1. The lowest BCUT2D eigenvalue weighted by molar-refractivity contribution is -0.117. The maximum absolute atomic E-state index is 13.1. The molecule has 2 heterocycles. The summed E-state index contributed by atoms with van der Waals surface area (Å²) in [5.74, 6) is -0.590. The van der Waals surface area contributed by atoms with Crippen molar-refractivity contribution < 1.29 is 14.4 Å². The Hall–Kier alpha value is -3.09. The molecule has 1 fully saturated rings. The van der Waals surface area contributed by atoms with Crippen molar-refractivity contribution in [1.82, 2.24) is 4.90 Å². The van der Waals surface area contributed by atoms with Crippen LogP contribution in [0.4, 0.5) is 5.69 Å². The van der Waals surface area contributed by atoms with Crippen LogP contribution in [0.1, 0.15) is 55.6 Å². The van der Waals surface area contributed by atoms with Gasteiger partial charge in [-0.15, -0.1) is 11.3 Å². The number of nitrogens with zero attached hydrogens (tertiary/aromatic N) is 1. The van der Waals surface area contributed by atoms with Gasteiger partial charge >= 0.3 is 0 Å². The normalized spacial score (nSPS) is 18.2. The van der Waals surface area contributed by atoms with Crippen LogP contribution in [0.2, 0.25) is 0 Å². The first-order valence-electron chi connectivity index (χ1n) is 10.0. The summed E-state index contributed by atoms with van der Waals surface area (Å²) in [4.78, 5) is 42.3. The topological polar surface area (TPSA) is 66.5 Å². The summed E-state index contributed by atoms with van der Waals surface area (Å²) >= 11 is 1.71. The maximum atomic E-state index is 13.1. The summed E-state index contributed by atoms with van der Waals surface area (Å²) < 4.78 is 0. The van der Waals surface area contributed by atoms with Gasteiger partial charge in [0.15, 0.2) is 11.6 Å². The van der Waals surface area contributed by atoms with Crippen LogP contribution in [-0.2, 0) is 4.79 Å². The standard InChI is InChI=1S/C24H20N2O3S/c27-21(14-26-12-4-10-19(26)20-11-5-13-30-20)25-18-9-3-8-17-22(18)24(29)16-7-2-1-6-15(16)23(17)28/h1-3,5-9,11,13,19H,4,10,12,14H2,(H,25,27)/t19-/m0/s1. The number of hydrogen-bond donors (Lipinski definition) is 1. The number of carbonyl (C=O) groups is 3. The fourth-order valence-corrected chi connectivity index (χ4v) is 5.34. The summed E-state index contributed by atoms with van der Waals surface area (Å²) in [6.07, 6.45) is 2.10. The minimum Gasteiger partial charge on any atom is -0.324 e. The molecule has 5 rings (SSSR count). The van der Waals surface area contributed by atoms with E-state index in [1.165, 1.54) is 4.88 Å². The third-order valence-electron chi connectivity index (χ3n) is 5.81. The average molecular weight is 417 g/mol. The number of ketones is 2. The lowest BCUT2D eigenvalue weighted by Crippen LogP contribution is -2.33. The highest BCUT2D eigenvalue weighted by Gasteiger charge is 2.32. The predicted octanol–water partition coefficient (Wildman–Crippen LogP) is 4.30. The van der Waals surface area contributed by atoms with Gasteiger partial charge in [-0.25, -0.2) is 0 Å². The van der Waals surface area contributed by atoms with Gasteiger partial charge in [-0.2, -0.15) is 0 Å². The summed E-state index contributed by atoms with van der Waals surface area (Å²) in [6, 6.07) is 16.3. The number of amides is 1. The molecule has 1 aliphatic heterocycles. The van der Waals surface area contributed by atoms with Crippen LogP contribution >= 0.6 is 11.3 Å². The zero-order valence-corrected chi connectivity index (χ0v) is 17.1. The predicted molar refractivity (Wildman–Crippen MR) is 116 cm³/mol. The van der Waals surface area contributed by atoms with E-state index in [2.05, 4.69) is 21.7 Å². The van der Waals surface area contributed by atoms with Gasteiger partial charge in [0.2, 0.25) is 5.91 Å². The van der Waals surface area contributed by atoms with Crippen molar-refractivity contribution in [2.24, 2.45) is 0 Å². The van der Waals surface area contributed by atoms with Crippen molar-refractivity contribution in [1.29, 1.82) is 0 Å². The van der Waals surface area contributed by atoms with E-state index in [9.17, 15) is 14.4 Å². The lowest BCUT2D eigenvalue weighted by atomic mass is 9.83. The van der Waals surface area contributed by atoms with Crippen LogP contribution in [-0.4, -0.2) is 35.5 Å². The molecule has 5 nitrogen and oxygen atoms in total. The van der Waals surface area contributed by atoms with Gasteiger partial charge in [-0.1, -0.05) is 42.5 Å². The van der Waals surface area contributed by atoms with Gasteiger partial charge in [0.05, 0.1) is 17.8 Å². The van der Waals surface area contributed by atoms with Gasteiger partial charge in [-0.05, 0) is 36.9 Å². The molecule has 0 radical (unpaired) electrons. The second-order valence-electron chi connectivity index (χ2n) is 7.62. The van der Waals surface area contributed by atoms with Crippen LogP contribution in [0.25, 0.3) is 0 Å². The van der Waals surface area contributed by atoms with Crippen molar-refractivity contribution in [2.75, 3.05) is 18.4 Å². The number of fused-ring (bicyclic) bond motifs is 2. The maximum Gasteiger partial charge on any atom is 0.238 e. The van der Waals surface area contributed by atoms with Crippen LogP contribution in [0.15, 0.2) is 60.0 Å². The Balaban J connectivity index is 1.39. The molecule has 1 atom stereocenters. The molecular formula is C24H20N2O3S. The molecule has 1 amide bonds. The fraction of sp³-hybridized carbons (Fsp3) is 0.208. The number of benzene rings is 2. The first-order chi connectivity index (χ1) is 14.6. The highest BCUT2D eigenvalue weighted by molar-refractivity contribution is 7.10. The lowest BCUT2D eigenvalue weighted by Gasteiger charge is -2.24. The molecular weight excluding hydrogens is 396 g/mol. The minimum absolute atomic E-state index is 0.175. The van der Waals surface area contributed by atoms with Gasteiger partial charge in [-0.3, -0.25) is 19.3 Å². The number of nitrogens with one attached hydrogen (secondary N) is 1. The zero-order chi connectivity index (χ0) is 20.7. The van der Waals surface area contributed by atoms with Crippen LogP contribution in [0.3, 0.4) is 0 Å². The third-order valence-corrected chi connectivity index (χ3v) is 6.78. The van der Waals surface area contributed by atoms with Gasteiger partial charge in [0, 0.05) is 27.6 Å². The molecule has 2 aromatic carbocycles. The average Bonchev–Trinajstić information content (AvgIpc) is 3.43. The number of anilines is 1. The molecule has 6 heteroatoms. The quantitative estimate of drug-likeness (QED) is 0.539. The van der Waals surface area contributed by atoms with Crippen molar-refractivity contribution in [2.45, 2.75) is 18.9 Å². The molecule has 1 saturated heterocycles. The molecule has 3 aromatic rings. The van der Waals surface area contributed by atoms with E-state index >= 15 is 0 Å². The van der Waals surface area contributed by atoms with Crippen molar-refractivity contribution in [3.8, 4) is 0 Å². The monoisotopic (exact) mass is 416 g/mol. The Morgan fingerprint density at radius 3 is 2.50 bits per heavy atom. The summed E-state index contributed by atoms with van der Waals surface area (Å²) in [6.45, 7) is 1.12. The highest BCUT2D eigenvalue weighted by atomic mass is 32.1. The molecule has 150 valence electrons. The van der Waals surface area contributed by atoms with E-state index in [1.54, 1.807) is 53.8 Å². The molecule has 0 bridgehead atoms. The van der Waals surface area contributed by atoms with E-state index in [0.29, 0.717) is 22.4 Å². The Morgan fingerprint density at radius 2 is 1.73 bits per heavy atom. The number of hydrogen-bond acceptors (Lipinski definition) is 5. The second-order valence-corrected chi connectivity index (χ2v) is 8.60. The van der Waals surface area contributed by atoms with Crippen LogP contribution in [0, 0.1) is 0 Å². The number of carbonyl (C=O) groups excluding carboxylic acids is 3. The van der Waals surface area contributed by atoms with E-state index < -0.39 is 0 Å². The van der Waals surface area contributed by atoms with Crippen molar-refractivity contribution >= 4 is 34.5 Å². The number of thiophene rings is 1. The zero-order valence-electron chi connectivity index (χ0n) is 16.3. The third kappa shape index (κ3) is 3.18. The Kier molecular flexibility index (Phi) is 4.81. The second kappa shape index (κ2) is 7.63. The largest absolute Gasteiger partial charge is 0.324 e. The molecule has 1 aliphatic carbocycles. The van der Waals surface area contributed by atoms with Crippen molar-refractivity contribution in [3.63, 3.8) is 0 Å². The molecule has 0 saturated carbocycles. The molecule has 1 N–H and O–H groups in total. The molecule has 1 aromatic heterocycles. The smallest absolute Gasteiger partial charge is 0.238 e. The Bertz CT molecular complexity index is 1150. The van der Waals surface area contributed by atoms with Crippen molar-refractivity contribution in [3.05, 3.63) is 87.1 Å². The van der Waals surface area contributed by atoms with E-state index in [4.69, 9.17) is 0 Å². The van der Waals surface area contributed by atoms with Gasteiger partial charge in [0.25, 0.3) is 0 Å². The van der Waals surface area contributed by atoms with Crippen LogP contribution < -0.4 is 5.32 Å². The summed E-state index contributed by atoms with van der Waals surface area (Å²) in [5, 5.41) is 4.95. The highest BCUT2D eigenvalue weighted by Crippen LogP contribution is 2.35. The molecule has 30 heavy (non-hydrogen) atoms. The minimum atomic E-state index is -0.228. The van der Waals surface area contributed by atoms with E-state index in [-0.39, 0.29) is 35.6 Å². The van der Waals surface area contributed by atoms with Gasteiger partial charge in [0.1, 0.15) is 0 Å². The Morgan fingerprint density at radius 1 is 0.967 bits per heavy atom. The molecule has 0 unspecified atom stereocenters. The SMILES string of the molecule is O=C(CN1CCC[C@H]1c1cccs1)Nc1cccc2c1C(=O)c1ccccc1C2=O. The van der Waals surface area contributed by atoms with Crippen LogP contribution in [0.5, 0.6) is 0 Å². The first kappa shape index (κ1) is 18.9. The summed E-state index contributed by atoms with van der Waals surface area (Å²) in [5.41, 5.74) is 1.82. The molecule has 2 aliphatic rings. The fourth-order valence-electron chi connectivity index (χ4n) is 4.44. The first-order valence-corrected chi connectivity index (χ1v) is 10.9. The Labute approximate surface area is 178 Å². The van der Waals surface area contributed by atoms with Gasteiger partial charge < -0.3 is 5.32 Å². The summed E-state index contributed by atoms with van der Waals surface area (Å²) in [7, 11) is 0.